The first-order chi connectivity index (χ1) is 39.4. The van der Waals surface area contributed by atoms with Crippen LogP contribution < -0.4 is 15.5 Å². The molecule has 6 aromatic rings. The van der Waals surface area contributed by atoms with Crippen LogP contribution in [0.2, 0.25) is 0 Å². The molecule has 19 heteroatoms. The van der Waals surface area contributed by atoms with Crippen molar-refractivity contribution in [1.29, 1.82) is 0 Å². The zero-order valence-electron chi connectivity index (χ0n) is 46.5. The van der Waals surface area contributed by atoms with E-state index in [0.717, 1.165) is 93.5 Å². The Morgan fingerprint density at radius 2 is 1.19 bits per heavy atom. The number of carboxylic acid groups (broad SMARTS) is 2. The highest BCUT2D eigenvalue weighted by Crippen LogP contribution is 2.31. The number of nitrogens with one attached hydrogen (secondary N) is 2. The lowest BCUT2D eigenvalue weighted by Gasteiger charge is -2.29. The summed E-state index contributed by atoms with van der Waals surface area (Å²) < 4.78 is 30.0. The minimum absolute atomic E-state index is 0.0100. The van der Waals surface area contributed by atoms with E-state index in [1.807, 2.05) is 84.6 Å². The van der Waals surface area contributed by atoms with Crippen molar-refractivity contribution in [2.75, 3.05) is 77.5 Å². The molecule has 3 amide bonds. The molecule has 4 N–H and O–H groups in total. The van der Waals surface area contributed by atoms with E-state index in [4.69, 9.17) is 33.7 Å². The monoisotopic (exact) mass is 1110 g/mol. The summed E-state index contributed by atoms with van der Waals surface area (Å²) in [6, 6.07) is 30.8. The van der Waals surface area contributed by atoms with Gasteiger partial charge < -0.3 is 54.0 Å². The van der Waals surface area contributed by atoms with E-state index >= 15 is 0 Å². The number of carboxylic acids is 2. The third kappa shape index (κ3) is 18.6. The number of fused-ring (bicyclic) bond motifs is 5. The summed E-state index contributed by atoms with van der Waals surface area (Å²) in [5, 5.41) is 25.6. The fraction of sp³-hybridized carbons (Fsp3) is 0.452. The average Bonchev–Trinajstić information content (AvgIpc) is 3.84. The van der Waals surface area contributed by atoms with Gasteiger partial charge in [-0.3, -0.25) is 33.8 Å². The van der Waals surface area contributed by atoms with Crippen LogP contribution in [0.5, 0.6) is 0 Å². The molecule has 1 atom stereocenters. The van der Waals surface area contributed by atoms with Crippen molar-refractivity contribution in [3.63, 3.8) is 0 Å². The standard InChI is InChI=1S/C62H76N6O13/c1-3-4-17-55-66-59-43(2)64-51-15-9-8-14-49(51)60(59)68(55)41-45-20-18-44(19-21-45)22-25-54(69)52(40-50(61(73)74)62(75)76)65-57(71)28-31-78-33-35-80-37-39-81-38-36-79-34-32-77-30-27-56(70)63-29-26-58(72)67-42-48-13-6-5-11-46(48)23-24-47-12-7-10-16-53(47)67/h5-16,18-21,50,52H,3-4,17,22-42H2,1-2H3,(H,63,70)(H,65,71)(H,73,74)(H,75,76). The molecule has 0 radical (unpaired) electrons. The second kappa shape index (κ2) is 32.1. The van der Waals surface area contributed by atoms with Crippen molar-refractivity contribution in [3.05, 3.63) is 136 Å². The molecule has 81 heavy (non-hydrogen) atoms. The molecule has 0 bridgehead atoms. The number of unbranched alkanes of at least 4 members (excludes halogenated alkanes) is 1. The molecule has 0 fully saturated rings. The van der Waals surface area contributed by atoms with Crippen LogP contribution in [-0.2, 0) is 91.2 Å². The van der Waals surface area contributed by atoms with E-state index in [9.17, 15) is 39.0 Å². The number of benzene rings is 4. The first kappa shape index (κ1) is 61.2. The molecular formula is C62H76N6O13. The van der Waals surface area contributed by atoms with Crippen LogP contribution in [0.1, 0.15) is 91.2 Å². The number of carbonyl (C=O) groups excluding carboxylic acids is 4. The Hall–Kier alpha value is -7.42. The van der Waals surface area contributed by atoms with E-state index in [0.29, 0.717) is 59.2 Å². The summed E-state index contributed by atoms with van der Waals surface area (Å²) in [5.74, 6) is -5.40. The molecule has 7 rings (SSSR count). The largest absolute Gasteiger partial charge is 0.481 e. The van der Waals surface area contributed by atoms with Gasteiger partial charge in [0.25, 0.3) is 0 Å². The number of aryl methyl sites for hydroxylation is 5. The highest BCUT2D eigenvalue weighted by molar-refractivity contribution is 6.03. The molecule has 1 unspecified atom stereocenters. The number of aliphatic carboxylic acids is 2. The topological polar surface area (TPSA) is 247 Å². The number of hydrogen-bond acceptors (Lipinski definition) is 13. The first-order valence-corrected chi connectivity index (χ1v) is 28.1. The molecule has 0 saturated heterocycles. The Kier molecular flexibility index (Phi) is 24.3. The fourth-order valence-corrected chi connectivity index (χ4v) is 9.77. The lowest BCUT2D eigenvalue weighted by molar-refractivity contribution is -0.155. The quantitative estimate of drug-likeness (QED) is 0.0228. The summed E-state index contributed by atoms with van der Waals surface area (Å²) in [5.41, 5.74) is 10.0. The summed E-state index contributed by atoms with van der Waals surface area (Å²) in [7, 11) is 0. The number of pyridine rings is 1. The molecule has 432 valence electrons. The molecule has 3 heterocycles. The Balaban J connectivity index is 0.718. The Bertz CT molecular complexity index is 3040. The van der Waals surface area contributed by atoms with Gasteiger partial charge >= 0.3 is 11.9 Å². The SMILES string of the molecule is CCCCc1nc2c(C)nc3ccccc3c2n1Cc1ccc(CCC(=O)C(CC(C(=O)O)C(=O)O)NC(=O)CCOCCOCCOCCOCCOCCC(=O)NCCC(=O)N2Cc3ccccc3CCc3ccccc32)cc1. The van der Waals surface area contributed by atoms with Gasteiger partial charge in [-0.2, -0.15) is 0 Å². The molecule has 0 aliphatic carbocycles. The minimum atomic E-state index is -1.89. The normalized spacial score (nSPS) is 12.7. The smallest absolute Gasteiger partial charge is 0.317 e. The van der Waals surface area contributed by atoms with E-state index in [1.165, 1.54) is 5.56 Å². The lowest BCUT2D eigenvalue weighted by Crippen LogP contribution is -2.44. The number of imidazole rings is 1. The predicted molar refractivity (Wildman–Crippen MR) is 305 cm³/mol. The molecule has 2 aromatic heterocycles. The number of carbonyl (C=O) groups is 6. The Morgan fingerprint density at radius 3 is 1.84 bits per heavy atom. The van der Waals surface area contributed by atoms with Crippen molar-refractivity contribution < 1.29 is 62.7 Å². The van der Waals surface area contributed by atoms with Crippen molar-refractivity contribution in [2.45, 2.75) is 104 Å². The number of Topliss-reactive ketones (excluding diaryl/α,β-unsaturated/α-hetero) is 1. The van der Waals surface area contributed by atoms with Crippen LogP contribution in [0, 0.1) is 12.8 Å². The second-order valence-electron chi connectivity index (χ2n) is 20.0. The van der Waals surface area contributed by atoms with Gasteiger partial charge in [-0.05, 0) is 79.0 Å². The van der Waals surface area contributed by atoms with Crippen molar-refractivity contribution in [1.82, 2.24) is 25.2 Å². The van der Waals surface area contributed by atoms with Gasteiger partial charge in [0.1, 0.15) is 11.3 Å². The van der Waals surface area contributed by atoms with Gasteiger partial charge in [-0.25, -0.2) is 4.98 Å². The summed E-state index contributed by atoms with van der Waals surface area (Å²) in [6.45, 7) is 7.98. The summed E-state index contributed by atoms with van der Waals surface area (Å²) >= 11 is 0. The lowest BCUT2D eigenvalue weighted by atomic mass is 9.94. The molecule has 0 saturated carbocycles. The number of amides is 3. The number of rotatable bonds is 35. The fourth-order valence-electron chi connectivity index (χ4n) is 9.77. The van der Waals surface area contributed by atoms with Crippen LogP contribution in [-0.4, -0.2) is 139 Å². The maximum absolute atomic E-state index is 13.6. The van der Waals surface area contributed by atoms with E-state index < -0.39 is 42.0 Å². The molecular weight excluding hydrogens is 1040 g/mol. The maximum atomic E-state index is 13.6. The number of para-hydroxylation sites is 2. The number of hydrogen-bond donors (Lipinski definition) is 4. The van der Waals surface area contributed by atoms with Crippen LogP contribution in [0.3, 0.4) is 0 Å². The average molecular weight is 1110 g/mol. The number of ketones is 1. The summed E-state index contributed by atoms with van der Waals surface area (Å²) in [4.78, 5) is 87.7. The van der Waals surface area contributed by atoms with Crippen LogP contribution in [0.4, 0.5) is 5.69 Å². The van der Waals surface area contributed by atoms with Gasteiger partial charge in [0.05, 0.1) is 95.4 Å². The number of anilines is 1. The second-order valence-corrected chi connectivity index (χ2v) is 20.0. The van der Waals surface area contributed by atoms with Crippen LogP contribution in [0.25, 0.3) is 21.9 Å². The van der Waals surface area contributed by atoms with E-state index in [-0.39, 0.29) is 70.5 Å². The van der Waals surface area contributed by atoms with Gasteiger partial charge in [0.15, 0.2) is 11.7 Å². The van der Waals surface area contributed by atoms with Crippen LogP contribution in [0.15, 0.2) is 97.1 Å². The first-order valence-electron chi connectivity index (χ1n) is 28.1. The number of aromatic nitrogens is 3. The highest BCUT2D eigenvalue weighted by Gasteiger charge is 2.33. The molecule has 1 aliphatic rings. The number of nitrogens with zero attached hydrogens (tertiary/aromatic N) is 4. The Morgan fingerprint density at radius 1 is 0.617 bits per heavy atom. The molecule has 19 nitrogen and oxygen atoms in total. The molecule has 0 spiro atoms. The van der Waals surface area contributed by atoms with Gasteiger partial charge in [0, 0.05) is 56.3 Å². The zero-order valence-corrected chi connectivity index (χ0v) is 46.5. The third-order valence-electron chi connectivity index (χ3n) is 14.2. The Labute approximate surface area is 472 Å². The van der Waals surface area contributed by atoms with E-state index in [1.54, 1.807) is 0 Å². The highest BCUT2D eigenvalue weighted by atomic mass is 16.6. The molecule has 1 aliphatic heterocycles. The van der Waals surface area contributed by atoms with Crippen molar-refractivity contribution in [2.24, 2.45) is 5.92 Å². The summed E-state index contributed by atoms with van der Waals surface area (Å²) in [6.07, 6.45) is 4.47. The number of ether oxygens (including phenoxy) is 5. The van der Waals surface area contributed by atoms with Gasteiger partial charge in [-0.1, -0.05) is 98.3 Å². The predicted octanol–water partition coefficient (Wildman–Crippen LogP) is 7.15. The third-order valence-corrected chi connectivity index (χ3v) is 14.2. The van der Waals surface area contributed by atoms with E-state index in [2.05, 4.69) is 46.4 Å². The minimum Gasteiger partial charge on any atom is -0.481 e. The van der Waals surface area contributed by atoms with Crippen molar-refractivity contribution in [3.8, 4) is 0 Å². The maximum Gasteiger partial charge on any atom is 0.317 e. The van der Waals surface area contributed by atoms with Crippen molar-refractivity contribution >= 4 is 63.1 Å². The molecule has 4 aromatic carbocycles. The van der Waals surface area contributed by atoms with Crippen LogP contribution >= 0.6 is 0 Å². The van der Waals surface area contributed by atoms with Gasteiger partial charge in [-0.15, -0.1) is 0 Å². The zero-order chi connectivity index (χ0) is 57.3. The van der Waals surface area contributed by atoms with Gasteiger partial charge in [0.2, 0.25) is 17.7 Å².